The second-order valence-electron chi connectivity index (χ2n) is 8.36. The van der Waals surface area contributed by atoms with Crippen LogP contribution in [0.15, 0.2) is 54.9 Å². The second-order valence-corrected chi connectivity index (χ2v) is 8.36. The lowest BCUT2D eigenvalue weighted by molar-refractivity contribution is -0.124. The summed E-state index contributed by atoms with van der Waals surface area (Å²) in [6.07, 6.45) is 3.34. The maximum Gasteiger partial charge on any atom is 0.234 e. The average Bonchev–Trinajstić information content (AvgIpc) is 2.88. The summed E-state index contributed by atoms with van der Waals surface area (Å²) in [5, 5.41) is 6.51. The first kappa shape index (κ1) is 23.6. The van der Waals surface area contributed by atoms with Crippen molar-refractivity contribution < 1.29 is 18.3 Å². The molecule has 1 aliphatic heterocycles. The van der Waals surface area contributed by atoms with Crippen molar-refractivity contribution >= 4 is 22.6 Å². The number of halogens is 2. The molecule has 8 nitrogen and oxygen atoms in total. The second kappa shape index (κ2) is 10.2. The van der Waals surface area contributed by atoms with E-state index in [1.807, 2.05) is 11.0 Å². The largest absolute Gasteiger partial charge is 0.490 e. The number of fused-ring (bicyclic) bond motifs is 1. The van der Waals surface area contributed by atoms with Gasteiger partial charge in [-0.15, -0.1) is 0 Å². The maximum absolute atomic E-state index is 14.7. The topological polar surface area (TPSA) is 92.3 Å². The molecule has 36 heavy (non-hydrogen) atoms. The molecule has 1 fully saturated rings. The summed E-state index contributed by atoms with van der Waals surface area (Å²) in [4.78, 5) is 27.2. The van der Waals surface area contributed by atoms with Crippen LogP contribution in [0.1, 0.15) is 0 Å². The minimum atomic E-state index is -0.682. The third-order valence-electron chi connectivity index (χ3n) is 5.95. The van der Waals surface area contributed by atoms with Crippen LogP contribution in [0.3, 0.4) is 0 Å². The highest BCUT2D eigenvalue weighted by atomic mass is 19.1. The van der Waals surface area contributed by atoms with Gasteiger partial charge in [-0.1, -0.05) is 0 Å². The molecule has 0 unspecified atom stereocenters. The minimum absolute atomic E-state index is 0.0204. The van der Waals surface area contributed by atoms with Crippen molar-refractivity contribution in [3.8, 4) is 28.3 Å². The number of nitrogens with one attached hydrogen (secondary N) is 2. The Morgan fingerprint density at radius 1 is 1.14 bits per heavy atom. The lowest BCUT2D eigenvalue weighted by Crippen LogP contribution is -2.48. The zero-order valence-corrected chi connectivity index (χ0v) is 19.6. The third-order valence-corrected chi connectivity index (χ3v) is 5.95. The summed E-state index contributed by atoms with van der Waals surface area (Å²) in [5.41, 5.74) is 2.00. The predicted octanol–water partition coefficient (Wildman–Crippen LogP) is 3.49. The van der Waals surface area contributed by atoms with Gasteiger partial charge < -0.3 is 15.4 Å². The first-order chi connectivity index (χ1) is 17.5. The lowest BCUT2D eigenvalue weighted by Gasteiger charge is -2.26. The number of hydrogen-bond acceptors (Lipinski definition) is 7. The molecule has 2 aromatic carbocycles. The Hall–Kier alpha value is -4.18. The molecule has 10 heteroatoms. The summed E-state index contributed by atoms with van der Waals surface area (Å²) in [6, 6.07) is 10.6. The number of aromatic nitrogens is 3. The van der Waals surface area contributed by atoms with Crippen molar-refractivity contribution in [2.75, 3.05) is 45.2 Å². The van der Waals surface area contributed by atoms with Gasteiger partial charge in [0.05, 0.1) is 6.54 Å². The predicted molar refractivity (Wildman–Crippen MR) is 133 cm³/mol. The van der Waals surface area contributed by atoms with Crippen LogP contribution in [0.2, 0.25) is 0 Å². The number of ether oxygens (including phenoxy) is 1. The molecule has 1 saturated heterocycles. The first-order valence-electron chi connectivity index (χ1n) is 11.5. The van der Waals surface area contributed by atoms with E-state index >= 15 is 0 Å². The minimum Gasteiger partial charge on any atom is -0.490 e. The van der Waals surface area contributed by atoms with Crippen molar-refractivity contribution in [3.63, 3.8) is 0 Å². The van der Waals surface area contributed by atoms with Crippen molar-refractivity contribution in [1.82, 2.24) is 25.2 Å². The van der Waals surface area contributed by atoms with E-state index in [4.69, 9.17) is 9.72 Å². The van der Waals surface area contributed by atoms with Crippen LogP contribution in [0.4, 0.5) is 14.6 Å². The zero-order valence-electron chi connectivity index (χ0n) is 19.6. The number of anilines is 1. The number of rotatable bonds is 7. The Kier molecular flexibility index (Phi) is 6.68. The number of carbonyl (C=O) groups excluding carboxylic acids is 1. The highest BCUT2D eigenvalue weighted by Crippen LogP contribution is 2.36. The van der Waals surface area contributed by atoms with Crippen LogP contribution in [0, 0.1) is 11.6 Å². The number of piperazine rings is 1. The van der Waals surface area contributed by atoms with Gasteiger partial charge in [0.25, 0.3) is 0 Å². The Morgan fingerprint density at radius 3 is 2.78 bits per heavy atom. The summed E-state index contributed by atoms with van der Waals surface area (Å²) >= 11 is 0. The fraction of sp³-hybridized carbons (Fsp3) is 0.231. The highest BCUT2D eigenvalue weighted by Gasteiger charge is 2.19. The highest BCUT2D eigenvalue weighted by molar-refractivity contribution is 5.97. The Balaban J connectivity index is 1.58. The van der Waals surface area contributed by atoms with Gasteiger partial charge >= 0.3 is 0 Å². The van der Waals surface area contributed by atoms with Crippen LogP contribution < -0.4 is 15.4 Å². The number of carbonyl (C=O) groups is 1. The number of benzene rings is 2. The molecule has 3 heterocycles. The van der Waals surface area contributed by atoms with Crippen LogP contribution in [-0.2, 0) is 4.79 Å². The Labute approximate surface area is 206 Å². The van der Waals surface area contributed by atoms with Gasteiger partial charge in [0.15, 0.2) is 5.82 Å². The quantitative estimate of drug-likeness (QED) is 0.410. The maximum atomic E-state index is 14.7. The zero-order chi connectivity index (χ0) is 25.1. The monoisotopic (exact) mass is 490 g/mol. The van der Waals surface area contributed by atoms with Crippen molar-refractivity contribution in [1.29, 1.82) is 0 Å². The molecule has 0 spiro atoms. The number of hydrogen-bond donors (Lipinski definition) is 2. The molecular weight excluding hydrogens is 466 g/mol. The number of pyridine rings is 1. The van der Waals surface area contributed by atoms with Gasteiger partial charge in [-0.25, -0.2) is 18.7 Å². The van der Waals surface area contributed by atoms with E-state index in [1.54, 1.807) is 37.6 Å². The van der Waals surface area contributed by atoms with E-state index < -0.39 is 11.6 Å². The Bertz CT molecular complexity index is 1420. The molecular formula is C26H24F2N6O2. The lowest BCUT2D eigenvalue weighted by atomic mass is 10.0. The summed E-state index contributed by atoms with van der Waals surface area (Å²) in [6.45, 7) is 2.45. The van der Waals surface area contributed by atoms with Crippen LogP contribution in [0.5, 0.6) is 5.75 Å². The fourth-order valence-electron chi connectivity index (χ4n) is 4.17. The number of amides is 1. The molecule has 0 atom stereocenters. The normalized spacial score (nSPS) is 14.0. The molecule has 4 aromatic rings. The molecule has 5 rings (SSSR count). The van der Waals surface area contributed by atoms with Gasteiger partial charge in [0.1, 0.15) is 35.3 Å². The van der Waals surface area contributed by atoms with E-state index in [9.17, 15) is 13.6 Å². The molecule has 1 aliphatic rings. The molecule has 0 bridgehead atoms. The SMILES string of the molecule is CNc1nc(-c2cccnc2)nc2c(OCCN3CCNC(=O)C3)cc(-c3ccc(F)cc3F)cc12. The molecule has 2 aromatic heterocycles. The van der Waals surface area contributed by atoms with E-state index in [0.29, 0.717) is 60.1 Å². The summed E-state index contributed by atoms with van der Waals surface area (Å²) in [5.74, 6) is 0.0571. The van der Waals surface area contributed by atoms with Gasteiger partial charge in [-0.2, -0.15) is 0 Å². The van der Waals surface area contributed by atoms with E-state index in [0.717, 1.165) is 18.2 Å². The molecule has 0 radical (unpaired) electrons. The fourth-order valence-corrected chi connectivity index (χ4v) is 4.17. The average molecular weight is 491 g/mol. The van der Waals surface area contributed by atoms with E-state index in [2.05, 4.69) is 20.6 Å². The molecule has 1 amide bonds. The number of nitrogens with zero attached hydrogens (tertiary/aromatic N) is 4. The van der Waals surface area contributed by atoms with Gasteiger partial charge in [0.2, 0.25) is 5.91 Å². The van der Waals surface area contributed by atoms with Gasteiger partial charge in [0, 0.05) is 61.7 Å². The molecule has 0 aliphatic carbocycles. The molecule has 2 N–H and O–H groups in total. The smallest absolute Gasteiger partial charge is 0.234 e. The van der Waals surface area contributed by atoms with Crippen molar-refractivity contribution in [2.45, 2.75) is 0 Å². The summed E-state index contributed by atoms with van der Waals surface area (Å²) in [7, 11) is 1.74. The van der Waals surface area contributed by atoms with Crippen molar-refractivity contribution in [3.05, 3.63) is 66.5 Å². The van der Waals surface area contributed by atoms with Gasteiger partial charge in [-0.05, 0) is 42.0 Å². The van der Waals surface area contributed by atoms with Crippen molar-refractivity contribution in [2.24, 2.45) is 0 Å². The van der Waals surface area contributed by atoms with Crippen LogP contribution in [0.25, 0.3) is 33.4 Å². The van der Waals surface area contributed by atoms with Crippen LogP contribution in [-0.4, -0.2) is 65.6 Å². The third kappa shape index (κ3) is 4.94. The standard InChI is InChI=1S/C26H24F2N6O2/c1-29-26-20-11-17(19-5-4-18(27)13-21(19)28)12-22(36-10-9-34-8-7-31-23(35)15-34)24(20)32-25(33-26)16-3-2-6-30-14-16/h2-6,11-14H,7-10,15H2,1H3,(H,31,35)(H,29,32,33). The van der Waals surface area contributed by atoms with Crippen LogP contribution >= 0.6 is 0 Å². The molecule has 0 saturated carbocycles. The van der Waals surface area contributed by atoms with E-state index in [1.165, 1.54) is 12.1 Å². The van der Waals surface area contributed by atoms with Gasteiger partial charge in [-0.3, -0.25) is 14.7 Å². The summed E-state index contributed by atoms with van der Waals surface area (Å²) < 4.78 is 34.4. The Morgan fingerprint density at radius 2 is 2.03 bits per heavy atom. The first-order valence-corrected chi connectivity index (χ1v) is 11.5. The molecule has 184 valence electrons. The van der Waals surface area contributed by atoms with E-state index in [-0.39, 0.29) is 11.5 Å².